The van der Waals surface area contributed by atoms with E-state index in [2.05, 4.69) is 26.0 Å². The second kappa shape index (κ2) is 8.14. The molecular weight excluding hydrogens is 288 g/mol. The molecule has 1 unspecified atom stereocenters. The Kier molecular flexibility index (Phi) is 6.20. The molecule has 1 aromatic rings. The molecule has 0 saturated heterocycles. The van der Waals surface area contributed by atoms with E-state index in [1.165, 1.54) is 11.1 Å². The summed E-state index contributed by atoms with van der Waals surface area (Å²) in [5.74, 6) is 0.107. The lowest BCUT2D eigenvalue weighted by molar-refractivity contribution is -0.141. The molecule has 0 radical (unpaired) electrons. The van der Waals surface area contributed by atoms with Crippen molar-refractivity contribution in [3.63, 3.8) is 0 Å². The van der Waals surface area contributed by atoms with Crippen molar-refractivity contribution in [2.24, 2.45) is 0 Å². The van der Waals surface area contributed by atoms with Crippen LogP contribution >= 0.6 is 0 Å². The second-order valence-corrected chi connectivity index (χ2v) is 6.42. The van der Waals surface area contributed by atoms with Crippen LogP contribution < -0.4 is 0 Å². The monoisotopic (exact) mass is 316 g/mol. The quantitative estimate of drug-likeness (QED) is 0.756. The first-order valence-corrected chi connectivity index (χ1v) is 8.65. The number of fused-ring (bicyclic) bond motifs is 1. The summed E-state index contributed by atoms with van der Waals surface area (Å²) in [5.41, 5.74) is 2.55. The number of carbonyl (C=O) groups excluding carboxylic acids is 2. The molecule has 0 fully saturated rings. The Labute approximate surface area is 139 Å². The highest BCUT2D eigenvalue weighted by Gasteiger charge is 2.28. The Bertz CT molecular complexity index is 556. The fourth-order valence-electron chi connectivity index (χ4n) is 3.21. The van der Waals surface area contributed by atoms with Crippen LogP contribution in [0, 0.1) is 0 Å². The number of hydrogen-bond acceptors (Lipinski definition) is 2. The fraction of sp³-hybridized carbons (Fsp3) is 0.579. The summed E-state index contributed by atoms with van der Waals surface area (Å²) < 4.78 is 0. The second-order valence-electron chi connectivity index (χ2n) is 6.42. The Hall–Kier alpha value is -1.84. The zero-order valence-corrected chi connectivity index (χ0v) is 14.5. The maximum absolute atomic E-state index is 12.6. The summed E-state index contributed by atoms with van der Waals surface area (Å²) in [6.07, 6.45) is 4.49. The number of benzene rings is 1. The Morgan fingerprint density at radius 1 is 1.26 bits per heavy atom. The van der Waals surface area contributed by atoms with Crippen molar-refractivity contribution in [1.82, 2.24) is 9.80 Å². The Morgan fingerprint density at radius 2 is 2.00 bits per heavy atom. The molecule has 2 amide bonds. The number of amides is 2. The highest BCUT2D eigenvalue weighted by Crippen LogP contribution is 2.29. The Balaban J connectivity index is 1.92. The van der Waals surface area contributed by atoms with Crippen molar-refractivity contribution in [2.45, 2.75) is 52.0 Å². The standard InChI is InChI=1S/C19H28N2O2/c1-4-5-6-11-18(22)20(3)14-19(23)21-13-12-16-9-7-8-10-17(16)15(21)2/h7-10,15H,4-6,11-14H2,1-3H3. The van der Waals surface area contributed by atoms with Crippen LogP contribution in [0.2, 0.25) is 0 Å². The molecule has 1 aliphatic rings. The lowest BCUT2D eigenvalue weighted by Gasteiger charge is -2.36. The van der Waals surface area contributed by atoms with E-state index < -0.39 is 0 Å². The first-order valence-electron chi connectivity index (χ1n) is 8.65. The maximum atomic E-state index is 12.6. The normalized spacial score (nSPS) is 16.8. The first kappa shape index (κ1) is 17.5. The fourth-order valence-corrected chi connectivity index (χ4v) is 3.21. The van der Waals surface area contributed by atoms with Gasteiger partial charge < -0.3 is 9.80 Å². The molecule has 0 N–H and O–H groups in total. The number of rotatable bonds is 6. The van der Waals surface area contributed by atoms with Crippen LogP contribution in [0.3, 0.4) is 0 Å². The maximum Gasteiger partial charge on any atom is 0.242 e. The molecule has 0 bridgehead atoms. The molecule has 1 aliphatic heterocycles. The molecule has 0 spiro atoms. The molecule has 2 rings (SSSR count). The third kappa shape index (κ3) is 4.34. The zero-order chi connectivity index (χ0) is 16.8. The zero-order valence-electron chi connectivity index (χ0n) is 14.5. The van der Waals surface area contributed by atoms with Gasteiger partial charge in [0.2, 0.25) is 11.8 Å². The minimum absolute atomic E-state index is 0.0401. The van der Waals surface area contributed by atoms with Gasteiger partial charge in [0.1, 0.15) is 0 Å². The molecule has 0 aromatic heterocycles. The predicted octanol–water partition coefficient (Wildman–Crippen LogP) is 3.17. The van der Waals surface area contributed by atoms with Crippen molar-refractivity contribution in [3.05, 3.63) is 35.4 Å². The lowest BCUT2D eigenvalue weighted by Crippen LogP contribution is -2.44. The third-order valence-corrected chi connectivity index (χ3v) is 4.71. The topological polar surface area (TPSA) is 40.6 Å². The average Bonchev–Trinajstić information content (AvgIpc) is 2.55. The summed E-state index contributed by atoms with van der Waals surface area (Å²) in [6.45, 7) is 5.10. The van der Waals surface area contributed by atoms with Gasteiger partial charge in [-0.15, -0.1) is 0 Å². The van der Waals surface area contributed by atoms with Crippen LogP contribution in [0.25, 0.3) is 0 Å². The van der Waals surface area contributed by atoms with E-state index in [1.54, 1.807) is 11.9 Å². The predicted molar refractivity (Wildman–Crippen MR) is 92.1 cm³/mol. The van der Waals surface area contributed by atoms with Crippen LogP contribution in [0.1, 0.15) is 56.7 Å². The summed E-state index contributed by atoms with van der Waals surface area (Å²) in [5, 5.41) is 0. The van der Waals surface area contributed by atoms with Gasteiger partial charge in [-0.05, 0) is 30.9 Å². The van der Waals surface area contributed by atoms with Gasteiger partial charge in [-0.3, -0.25) is 9.59 Å². The molecular formula is C19H28N2O2. The number of nitrogens with zero attached hydrogens (tertiary/aromatic N) is 2. The molecule has 4 heteroatoms. The molecule has 23 heavy (non-hydrogen) atoms. The number of hydrogen-bond donors (Lipinski definition) is 0. The van der Waals surface area contributed by atoms with E-state index in [4.69, 9.17) is 0 Å². The van der Waals surface area contributed by atoms with Crippen LogP contribution in [-0.4, -0.2) is 41.8 Å². The minimum Gasteiger partial charge on any atom is -0.336 e. The van der Waals surface area contributed by atoms with Gasteiger partial charge >= 0.3 is 0 Å². The Morgan fingerprint density at radius 3 is 2.74 bits per heavy atom. The molecule has 0 aliphatic carbocycles. The van der Waals surface area contributed by atoms with Gasteiger partial charge in [-0.2, -0.15) is 0 Å². The van der Waals surface area contributed by atoms with E-state index >= 15 is 0 Å². The van der Waals surface area contributed by atoms with Crippen molar-refractivity contribution in [3.8, 4) is 0 Å². The summed E-state index contributed by atoms with van der Waals surface area (Å²) >= 11 is 0. The van der Waals surface area contributed by atoms with E-state index in [-0.39, 0.29) is 24.4 Å². The van der Waals surface area contributed by atoms with Crippen LogP contribution in [-0.2, 0) is 16.0 Å². The molecule has 126 valence electrons. The van der Waals surface area contributed by atoms with Crippen LogP contribution in [0.5, 0.6) is 0 Å². The molecule has 4 nitrogen and oxygen atoms in total. The average molecular weight is 316 g/mol. The molecule has 1 aromatic carbocycles. The smallest absolute Gasteiger partial charge is 0.242 e. The van der Waals surface area contributed by atoms with Gasteiger partial charge in [0.15, 0.2) is 0 Å². The van der Waals surface area contributed by atoms with Gasteiger partial charge in [0, 0.05) is 20.0 Å². The minimum atomic E-state index is 0.0401. The van der Waals surface area contributed by atoms with Crippen molar-refractivity contribution in [1.29, 1.82) is 0 Å². The number of likely N-dealkylation sites (N-methyl/N-ethyl adjacent to an activating group) is 1. The van der Waals surface area contributed by atoms with E-state index in [0.29, 0.717) is 6.42 Å². The van der Waals surface area contributed by atoms with Gasteiger partial charge in [0.05, 0.1) is 12.6 Å². The molecule has 1 atom stereocenters. The third-order valence-electron chi connectivity index (χ3n) is 4.71. The highest BCUT2D eigenvalue weighted by atomic mass is 16.2. The lowest BCUT2D eigenvalue weighted by atomic mass is 9.93. The van der Waals surface area contributed by atoms with E-state index in [0.717, 1.165) is 32.2 Å². The van der Waals surface area contributed by atoms with Gasteiger partial charge in [-0.1, -0.05) is 44.0 Å². The molecule has 1 heterocycles. The van der Waals surface area contributed by atoms with E-state index in [9.17, 15) is 9.59 Å². The highest BCUT2D eigenvalue weighted by molar-refractivity contribution is 5.85. The summed E-state index contributed by atoms with van der Waals surface area (Å²) in [7, 11) is 1.73. The first-order chi connectivity index (χ1) is 11.0. The SMILES string of the molecule is CCCCCC(=O)N(C)CC(=O)N1CCc2ccccc2C1C. The van der Waals surface area contributed by atoms with Crippen LogP contribution in [0.4, 0.5) is 0 Å². The molecule has 0 saturated carbocycles. The summed E-state index contributed by atoms with van der Waals surface area (Å²) in [4.78, 5) is 28.1. The van der Waals surface area contributed by atoms with Crippen molar-refractivity contribution in [2.75, 3.05) is 20.1 Å². The van der Waals surface area contributed by atoms with Crippen molar-refractivity contribution >= 4 is 11.8 Å². The van der Waals surface area contributed by atoms with E-state index in [1.807, 2.05) is 17.0 Å². The van der Waals surface area contributed by atoms with Gasteiger partial charge in [0.25, 0.3) is 0 Å². The van der Waals surface area contributed by atoms with Crippen molar-refractivity contribution < 1.29 is 9.59 Å². The summed E-state index contributed by atoms with van der Waals surface area (Å²) in [6, 6.07) is 8.38. The number of carbonyl (C=O) groups is 2. The largest absolute Gasteiger partial charge is 0.336 e. The number of unbranched alkanes of at least 4 members (excludes halogenated alkanes) is 2. The van der Waals surface area contributed by atoms with Crippen LogP contribution in [0.15, 0.2) is 24.3 Å². The van der Waals surface area contributed by atoms with Gasteiger partial charge in [-0.25, -0.2) is 0 Å².